The number of amides is 2. The summed E-state index contributed by atoms with van der Waals surface area (Å²) in [5, 5.41) is 5.14. The highest BCUT2D eigenvalue weighted by molar-refractivity contribution is 5.89. The molecule has 2 amide bonds. The first-order valence-electron chi connectivity index (χ1n) is 12.1. The van der Waals surface area contributed by atoms with Crippen molar-refractivity contribution in [2.75, 3.05) is 54.6 Å². The minimum Gasteiger partial charge on any atom is -0.377 e. The third kappa shape index (κ3) is 5.20. The van der Waals surface area contributed by atoms with Crippen molar-refractivity contribution in [1.82, 2.24) is 25.3 Å². The Morgan fingerprint density at radius 2 is 1.97 bits per heavy atom. The van der Waals surface area contributed by atoms with Crippen molar-refractivity contribution in [3.05, 3.63) is 54.0 Å². The van der Waals surface area contributed by atoms with Crippen LogP contribution in [0.2, 0.25) is 0 Å². The number of fused-ring (bicyclic) bond motifs is 1. The number of ether oxygens (including phenoxy) is 1. The Bertz CT molecular complexity index is 1190. The van der Waals surface area contributed by atoms with Gasteiger partial charge in [-0.25, -0.2) is 29.1 Å². The van der Waals surface area contributed by atoms with Crippen molar-refractivity contribution in [1.29, 1.82) is 0 Å². The molecule has 1 fully saturated rings. The van der Waals surface area contributed by atoms with Gasteiger partial charge in [0.05, 0.1) is 31.5 Å². The van der Waals surface area contributed by atoms with Gasteiger partial charge >= 0.3 is 6.03 Å². The zero-order chi connectivity index (χ0) is 24.9. The molecule has 0 saturated carbocycles. The van der Waals surface area contributed by atoms with E-state index < -0.39 is 12.7 Å². The zero-order valence-electron chi connectivity index (χ0n) is 20.2. The van der Waals surface area contributed by atoms with E-state index in [1.807, 2.05) is 18.2 Å². The molecule has 0 bridgehead atoms. The molecule has 2 aliphatic rings. The van der Waals surface area contributed by atoms with Gasteiger partial charge in [-0.3, -0.25) is 0 Å². The molecule has 2 N–H and O–H groups in total. The van der Waals surface area contributed by atoms with Crippen LogP contribution >= 0.6 is 0 Å². The summed E-state index contributed by atoms with van der Waals surface area (Å²) in [7, 11) is 0. The van der Waals surface area contributed by atoms with Gasteiger partial charge < -0.3 is 25.2 Å². The molecule has 1 aromatic carbocycles. The van der Waals surface area contributed by atoms with Crippen LogP contribution in [-0.2, 0) is 17.7 Å². The molecule has 188 valence electrons. The Morgan fingerprint density at radius 1 is 1.17 bits per heavy atom. The number of hydrogen-bond donors (Lipinski definition) is 2. The van der Waals surface area contributed by atoms with E-state index in [4.69, 9.17) is 14.7 Å². The van der Waals surface area contributed by atoms with Gasteiger partial charge in [0.1, 0.15) is 12.5 Å². The summed E-state index contributed by atoms with van der Waals surface area (Å²) >= 11 is 0. The summed E-state index contributed by atoms with van der Waals surface area (Å²) in [5.41, 5.74) is 3.55. The highest BCUT2D eigenvalue weighted by atomic mass is 19.1. The van der Waals surface area contributed by atoms with Crippen LogP contribution in [0.15, 0.2) is 42.7 Å². The topological polar surface area (TPSA) is 108 Å². The standard InChI is InChI=1S/C25H29FN8O2/c1-17-16-36-14-13-34(17)23-20-7-12-33(24-27-9-2-10-28-24)15-21(20)31-22(32-23)18-3-5-19(6-4-18)30-25(35)29-11-8-26/h2-6,9-10,17H,7-8,11-16H2,1H3,(H2,29,30,35). The average Bonchev–Trinajstić information content (AvgIpc) is 2.92. The third-order valence-corrected chi connectivity index (χ3v) is 6.30. The number of benzene rings is 1. The van der Waals surface area contributed by atoms with E-state index in [0.717, 1.165) is 42.1 Å². The highest BCUT2D eigenvalue weighted by Gasteiger charge is 2.29. The van der Waals surface area contributed by atoms with E-state index in [9.17, 15) is 9.18 Å². The van der Waals surface area contributed by atoms with Gasteiger partial charge in [-0.05, 0) is 43.7 Å². The number of carbonyl (C=O) groups excluding carboxylic acids is 1. The van der Waals surface area contributed by atoms with Crippen molar-refractivity contribution in [2.24, 2.45) is 0 Å². The second-order valence-corrected chi connectivity index (χ2v) is 8.78. The number of aromatic nitrogens is 4. The number of carbonyl (C=O) groups is 1. The highest BCUT2D eigenvalue weighted by Crippen LogP contribution is 2.32. The van der Waals surface area contributed by atoms with Gasteiger partial charge in [0.2, 0.25) is 5.95 Å². The fourth-order valence-electron chi connectivity index (χ4n) is 4.48. The van der Waals surface area contributed by atoms with Crippen LogP contribution in [0.3, 0.4) is 0 Å². The Hall–Kier alpha value is -3.86. The Balaban J connectivity index is 1.46. The SMILES string of the molecule is CC1COCCN1c1nc(-c2ccc(NC(=O)NCCF)cc2)nc2c1CCN(c1ncccn1)C2. The molecule has 4 heterocycles. The molecule has 0 radical (unpaired) electrons. The second-order valence-electron chi connectivity index (χ2n) is 8.78. The lowest BCUT2D eigenvalue weighted by molar-refractivity contribution is 0.0984. The number of morpholine rings is 1. The van der Waals surface area contributed by atoms with Gasteiger partial charge in [-0.15, -0.1) is 0 Å². The number of anilines is 3. The van der Waals surface area contributed by atoms with Crippen LogP contribution in [0.5, 0.6) is 0 Å². The molecule has 3 aromatic rings. The second kappa shape index (κ2) is 10.8. The van der Waals surface area contributed by atoms with Gasteiger partial charge in [-0.2, -0.15) is 0 Å². The number of halogens is 1. The summed E-state index contributed by atoms with van der Waals surface area (Å²) in [6.07, 6.45) is 4.29. The van der Waals surface area contributed by atoms with E-state index >= 15 is 0 Å². The molecular weight excluding hydrogens is 463 g/mol. The molecular formula is C25H29FN8O2. The smallest absolute Gasteiger partial charge is 0.319 e. The van der Waals surface area contributed by atoms with Crippen LogP contribution in [-0.4, -0.2) is 71.5 Å². The third-order valence-electron chi connectivity index (χ3n) is 6.30. The Labute approximate surface area is 208 Å². The summed E-state index contributed by atoms with van der Waals surface area (Å²) in [5.74, 6) is 2.25. The maximum absolute atomic E-state index is 12.3. The first kappa shape index (κ1) is 23.9. The normalized spacial score (nSPS) is 17.4. The van der Waals surface area contributed by atoms with E-state index in [0.29, 0.717) is 37.2 Å². The summed E-state index contributed by atoms with van der Waals surface area (Å²) in [6, 6.07) is 8.89. The predicted molar refractivity (Wildman–Crippen MR) is 135 cm³/mol. The van der Waals surface area contributed by atoms with Crippen LogP contribution in [0.4, 0.5) is 26.6 Å². The molecule has 1 saturated heterocycles. The summed E-state index contributed by atoms with van der Waals surface area (Å²) in [6.45, 7) is 4.98. The van der Waals surface area contributed by atoms with Gasteiger partial charge in [0.15, 0.2) is 5.82 Å². The largest absolute Gasteiger partial charge is 0.377 e. The van der Waals surface area contributed by atoms with E-state index in [2.05, 4.69) is 37.3 Å². The van der Waals surface area contributed by atoms with Gasteiger partial charge in [0.25, 0.3) is 0 Å². The monoisotopic (exact) mass is 492 g/mol. The lowest BCUT2D eigenvalue weighted by atomic mass is 10.0. The van der Waals surface area contributed by atoms with Crippen LogP contribution in [0, 0.1) is 0 Å². The fourth-order valence-corrected chi connectivity index (χ4v) is 4.48. The van der Waals surface area contributed by atoms with Crippen molar-refractivity contribution < 1.29 is 13.9 Å². The summed E-state index contributed by atoms with van der Waals surface area (Å²) in [4.78, 5) is 35.1. The van der Waals surface area contributed by atoms with Crippen molar-refractivity contribution in [2.45, 2.75) is 25.9 Å². The maximum Gasteiger partial charge on any atom is 0.319 e. The molecule has 1 atom stereocenters. The molecule has 36 heavy (non-hydrogen) atoms. The Morgan fingerprint density at radius 3 is 2.72 bits per heavy atom. The quantitative estimate of drug-likeness (QED) is 0.541. The molecule has 2 aromatic heterocycles. The predicted octanol–water partition coefficient (Wildman–Crippen LogP) is 2.81. The minimum absolute atomic E-state index is 0.0271. The lowest BCUT2D eigenvalue weighted by Gasteiger charge is -2.37. The van der Waals surface area contributed by atoms with Crippen molar-refractivity contribution in [3.8, 4) is 11.4 Å². The molecule has 0 spiro atoms. The van der Waals surface area contributed by atoms with Crippen molar-refractivity contribution >= 4 is 23.5 Å². The summed E-state index contributed by atoms with van der Waals surface area (Å²) < 4.78 is 18.0. The van der Waals surface area contributed by atoms with Crippen LogP contribution in [0.25, 0.3) is 11.4 Å². The molecule has 1 unspecified atom stereocenters. The molecule has 2 aliphatic heterocycles. The number of alkyl halides is 1. The number of nitrogens with one attached hydrogen (secondary N) is 2. The first-order valence-corrected chi connectivity index (χ1v) is 12.1. The van der Waals surface area contributed by atoms with E-state index in [1.54, 1.807) is 24.5 Å². The van der Waals surface area contributed by atoms with Gasteiger partial charge in [-0.1, -0.05) is 0 Å². The minimum atomic E-state index is -0.611. The lowest BCUT2D eigenvalue weighted by Crippen LogP contribution is -2.45. The zero-order valence-corrected chi connectivity index (χ0v) is 20.2. The Kier molecular flexibility index (Phi) is 7.17. The average molecular weight is 493 g/mol. The maximum atomic E-state index is 12.3. The number of nitrogens with zero attached hydrogens (tertiary/aromatic N) is 6. The van der Waals surface area contributed by atoms with Crippen LogP contribution in [0.1, 0.15) is 18.2 Å². The fraction of sp³-hybridized carbons (Fsp3) is 0.400. The first-order chi connectivity index (χ1) is 17.6. The molecule has 11 heteroatoms. The van der Waals surface area contributed by atoms with E-state index in [-0.39, 0.29) is 12.6 Å². The van der Waals surface area contributed by atoms with Crippen molar-refractivity contribution in [3.63, 3.8) is 0 Å². The van der Waals surface area contributed by atoms with Crippen LogP contribution < -0.4 is 20.4 Å². The molecule has 0 aliphatic carbocycles. The molecule has 5 rings (SSSR count). The molecule has 10 nitrogen and oxygen atoms in total. The van der Waals surface area contributed by atoms with E-state index in [1.165, 1.54) is 0 Å². The van der Waals surface area contributed by atoms with Gasteiger partial charge in [0, 0.05) is 48.8 Å². The number of urea groups is 1. The number of hydrogen-bond acceptors (Lipinski definition) is 8. The number of rotatable bonds is 6.